The van der Waals surface area contributed by atoms with Crippen molar-refractivity contribution in [3.8, 4) is 0 Å². The largest absolute Gasteiger partial charge is 0.481 e. The number of hydrogen-bond acceptors (Lipinski definition) is 4. The second-order valence-electron chi connectivity index (χ2n) is 6.94. The van der Waals surface area contributed by atoms with Gasteiger partial charge in [0.25, 0.3) is 0 Å². The van der Waals surface area contributed by atoms with Crippen LogP contribution < -0.4 is 0 Å². The van der Waals surface area contributed by atoms with Crippen molar-refractivity contribution in [3.05, 3.63) is 22.6 Å². The Labute approximate surface area is 156 Å². The monoisotopic (exact) mass is 370 g/mol. The number of carbonyl (C=O) groups is 1. The van der Waals surface area contributed by atoms with Gasteiger partial charge in [0.2, 0.25) is 0 Å². The molecule has 1 rings (SSSR count). The highest BCUT2D eigenvalue weighted by Crippen LogP contribution is 2.40. The van der Waals surface area contributed by atoms with Gasteiger partial charge in [0.1, 0.15) is 0 Å². The first-order chi connectivity index (χ1) is 12.0. The van der Waals surface area contributed by atoms with Gasteiger partial charge < -0.3 is 15.3 Å². The van der Waals surface area contributed by atoms with Crippen molar-refractivity contribution in [2.24, 2.45) is 5.92 Å². The Bertz CT molecular complexity index is 459. The fourth-order valence-corrected chi connectivity index (χ4v) is 4.45. The Morgan fingerprint density at radius 3 is 2.72 bits per heavy atom. The lowest BCUT2D eigenvalue weighted by Gasteiger charge is -2.16. The molecule has 0 unspecified atom stereocenters. The molecule has 0 aliphatic heterocycles. The molecule has 3 atom stereocenters. The van der Waals surface area contributed by atoms with Crippen molar-refractivity contribution in [2.75, 3.05) is 5.75 Å². The summed E-state index contributed by atoms with van der Waals surface area (Å²) in [5.41, 5.74) is 1.23. The Morgan fingerprint density at radius 2 is 2.04 bits per heavy atom. The minimum absolute atomic E-state index is 0.00940. The van der Waals surface area contributed by atoms with Gasteiger partial charge in [-0.25, -0.2) is 0 Å². The summed E-state index contributed by atoms with van der Waals surface area (Å²) < 4.78 is 0. The molecule has 1 aliphatic rings. The fourth-order valence-electron chi connectivity index (χ4n) is 3.12. The third-order valence-corrected chi connectivity index (χ3v) is 6.01. The molecular formula is C20H34O4S. The van der Waals surface area contributed by atoms with Gasteiger partial charge in [0.05, 0.1) is 12.2 Å². The van der Waals surface area contributed by atoms with Crippen LogP contribution >= 0.6 is 11.8 Å². The smallest absolute Gasteiger partial charge is 0.303 e. The predicted octanol–water partition coefficient (Wildman–Crippen LogP) is 4.52. The molecule has 1 aliphatic carbocycles. The summed E-state index contributed by atoms with van der Waals surface area (Å²) >= 11 is 1.78. The number of aliphatic hydroxyl groups excluding tert-OH is 2. The summed E-state index contributed by atoms with van der Waals surface area (Å²) in [6.45, 7) is 4.22. The minimum atomic E-state index is -0.729. The quantitative estimate of drug-likeness (QED) is 0.328. The van der Waals surface area contributed by atoms with Crippen LogP contribution in [0.15, 0.2) is 22.6 Å². The first-order valence-corrected chi connectivity index (χ1v) is 10.5. The van der Waals surface area contributed by atoms with Gasteiger partial charge in [0, 0.05) is 12.3 Å². The van der Waals surface area contributed by atoms with Crippen LogP contribution in [0.2, 0.25) is 0 Å². The average Bonchev–Trinajstić information content (AvgIpc) is 2.82. The van der Waals surface area contributed by atoms with Gasteiger partial charge in [-0.2, -0.15) is 0 Å². The highest BCUT2D eigenvalue weighted by atomic mass is 32.2. The Hall–Kier alpha value is -0.780. The number of rotatable bonds is 13. The first kappa shape index (κ1) is 22.3. The van der Waals surface area contributed by atoms with E-state index >= 15 is 0 Å². The van der Waals surface area contributed by atoms with E-state index in [0.717, 1.165) is 50.7 Å². The van der Waals surface area contributed by atoms with Gasteiger partial charge in [-0.15, -0.1) is 11.8 Å². The van der Waals surface area contributed by atoms with E-state index in [-0.39, 0.29) is 12.3 Å². The van der Waals surface area contributed by atoms with Crippen molar-refractivity contribution in [3.63, 3.8) is 0 Å². The van der Waals surface area contributed by atoms with Crippen LogP contribution in [-0.2, 0) is 4.79 Å². The molecule has 0 saturated carbocycles. The van der Waals surface area contributed by atoms with Crippen molar-refractivity contribution < 1.29 is 20.1 Å². The first-order valence-electron chi connectivity index (χ1n) is 9.54. The lowest BCUT2D eigenvalue weighted by atomic mass is 10.0. The zero-order chi connectivity index (χ0) is 18.7. The van der Waals surface area contributed by atoms with Crippen LogP contribution in [0.3, 0.4) is 0 Å². The van der Waals surface area contributed by atoms with E-state index < -0.39 is 18.2 Å². The molecule has 0 fully saturated rings. The number of carboxylic acid groups (broad SMARTS) is 1. The van der Waals surface area contributed by atoms with E-state index in [9.17, 15) is 15.0 Å². The molecule has 0 saturated heterocycles. The van der Waals surface area contributed by atoms with E-state index in [1.54, 1.807) is 11.8 Å². The van der Waals surface area contributed by atoms with E-state index in [1.807, 2.05) is 12.2 Å². The number of carboxylic acids is 1. The van der Waals surface area contributed by atoms with Crippen LogP contribution in [0, 0.1) is 5.92 Å². The van der Waals surface area contributed by atoms with Crippen LogP contribution in [-0.4, -0.2) is 39.2 Å². The Balaban J connectivity index is 2.42. The Morgan fingerprint density at radius 1 is 1.28 bits per heavy atom. The topological polar surface area (TPSA) is 77.8 Å². The summed E-state index contributed by atoms with van der Waals surface area (Å²) in [7, 11) is 0. The molecule has 0 aromatic carbocycles. The Kier molecular flexibility index (Phi) is 11.2. The highest BCUT2D eigenvalue weighted by Gasteiger charge is 2.30. The molecule has 0 spiro atoms. The summed E-state index contributed by atoms with van der Waals surface area (Å²) in [6, 6.07) is 0. The third-order valence-electron chi connectivity index (χ3n) is 4.59. The number of hydrogen-bond donors (Lipinski definition) is 3. The van der Waals surface area contributed by atoms with Gasteiger partial charge in [-0.1, -0.05) is 50.3 Å². The maximum atomic E-state index is 10.5. The summed E-state index contributed by atoms with van der Waals surface area (Å²) in [5.74, 6) is 0.209. The molecule has 25 heavy (non-hydrogen) atoms. The van der Waals surface area contributed by atoms with Gasteiger partial charge >= 0.3 is 5.97 Å². The highest BCUT2D eigenvalue weighted by molar-refractivity contribution is 8.03. The molecule has 144 valence electrons. The SMILES string of the molecule is CCCCC[C@H](O)/C=C/[C@@H]1C(SCCCCCC(=O)O)=C(C)C[C@H]1O. The molecule has 0 amide bonds. The fraction of sp³-hybridized carbons (Fsp3) is 0.750. The number of aliphatic carboxylic acids is 1. The van der Waals surface area contributed by atoms with Crippen LogP contribution in [0.5, 0.6) is 0 Å². The summed E-state index contributed by atoms with van der Waals surface area (Å²) in [4.78, 5) is 11.7. The molecule has 0 heterocycles. The standard InChI is InChI=1S/C20H34O4S/c1-3-4-6-9-16(21)11-12-17-18(22)14-15(2)20(17)25-13-8-5-7-10-19(23)24/h11-12,16-18,21-22H,3-10,13-14H2,1-2H3,(H,23,24)/b12-11+/t16-,17-,18+/m0/s1. The summed E-state index contributed by atoms with van der Waals surface area (Å²) in [5, 5.41) is 29.0. The van der Waals surface area contributed by atoms with E-state index in [2.05, 4.69) is 13.8 Å². The van der Waals surface area contributed by atoms with Crippen molar-refractivity contribution in [2.45, 2.75) is 83.8 Å². The molecular weight excluding hydrogens is 336 g/mol. The van der Waals surface area contributed by atoms with E-state index in [1.165, 1.54) is 10.5 Å². The van der Waals surface area contributed by atoms with Crippen LogP contribution in [0.4, 0.5) is 0 Å². The average molecular weight is 371 g/mol. The zero-order valence-electron chi connectivity index (χ0n) is 15.6. The molecule has 4 nitrogen and oxygen atoms in total. The van der Waals surface area contributed by atoms with E-state index in [4.69, 9.17) is 5.11 Å². The summed E-state index contributed by atoms with van der Waals surface area (Å²) in [6.07, 6.45) is 10.7. The van der Waals surface area contributed by atoms with Crippen molar-refractivity contribution in [1.82, 2.24) is 0 Å². The molecule has 0 aromatic heterocycles. The van der Waals surface area contributed by atoms with Crippen molar-refractivity contribution in [1.29, 1.82) is 0 Å². The normalized spacial score (nSPS) is 22.1. The van der Waals surface area contributed by atoms with Crippen LogP contribution in [0.1, 0.15) is 71.6 Å². The second kappa shape index (κ2) is 12.6. The lowest BCUT2D eigenvalue weighted by Crippen LogP contribution is -2.14. The molecule has 5 heteroatoms. The second-order valence-corrected chi connectivity index (χ2v) is 8.08. The minimum Gasteiger partial charge on any atom is -0.481 e. The van der Waals surface area contributed by atoms with Crippen LogP contribution in [0.25, 0.3) is 0 Å². The van der Waals surface area contributed by atoms with Gasteiger partial charge in [-0.05, 0) is 43.3 Å². The molecule has 0 bridgehead atoms. The predicted molar refractivity (Wildman–Crippen MR) is 105 cm³/mol. The molecule has 0 aromatic rings. The maximum absolute atomic E-state index is 10.5. The third kappa shape index (κ3) is 8.93. The lowest BCUT2D eigenvalue weighted by molar-refractivity contribution is -0.137. The van der Waals surface area contributed by atoms with Gasteiger partial charge in [0.15, 0.2) is 0 Å². The molecule has 3 N–H and O–H groups in total. The number of thioether (sulfide) groups is 1. The van der Waals surface area contributed by atoms with Crippen molar-refractivity contribution >= 4 is 17.7 Å². The number of unbranched alkanes of at least 4 members (excludes halogenated alkanes) is 4. The van der Waals surface area contributed by atoms with Gasteiger partial charge in [-0.3, -0.25) is 4.79 Å². The maximum Gasteiger partial charge on any atom is 0.303 e. The van der Waals surface area contributed by atoms with E-state index in [0.29, 0.717) is 6.42 Å². The molecule has 0 radical (unpaired) electrons. The zero-order valence-corrected chi connectivity index (χ0v) is 16.4. The number of aliphatic hydroxyl groups is 2.